The van der Waals surface area contributed by atoms with Gasteiger partial charge in [-0.05, 0) is 0 Å². The fourth-order valence-electron chi connectivity index (χ4n) is 1.87. The van der Waals surface area contributed by atoms with Crippen LogP contribution in [0.4, 0.5) is 17.1 Å². The summed E-state index contributed by atoms with van der Waals surface area (Å²) in [6.45, 7) is 0. The predicted octanol–water partition coefficient (Wildman–Crippen LogP) is 3.01. The minimum Gasteiger partial charge on any atom is -0.863 e. The van der Waals surface area contributed by atoms with E-state index in [1.165, 1.54) is 10.0 Å². The number of nitro groups is 3. The molecule has 0 N–H and O–H groups in total. The molecular weight excluding hydrogens is 462 g/mol. The number of hydrogen-bond acceptors (Lipinski definition) is 7. The third-order valence-corrected chi connectivity index (χ3v) is 5.54. The molecule has 11 heteroatoms. The third kappa shape index (κ3) is 6.27. The van der Waals surface area contributed by atoms with E-state index in [1.807, 2.05) is 0 Å². The van der Waals surface area contributed by atoms with Crippen molar-refractivity contribution >= 4 is 36.6 Å². The molecule has 0 aliphatic carbocycles. The number of nitrogens with zero attached hydrogens (tertiary/aromatic N) is 3. The maximum atomic E-state index is 11.1. The van der Waals surface area contributed by atoms with Crippen molar-refractivity contribution in [1.29, 1.82) is 0 Å². The Morgan fingerprint density at radius 2 is 1.31 bits per heavy atom. The van der Waals surface area contributed by atoms with Crippen LogP contribution in [0.25, 0.3) is 0 Å². The molecular formula is C15H15N3O7Te. The molecule has 0 unspecified atom stereocenters. The van der Waals surface area contributed by atoms with Gasteiger partial charge in [0.2, 0.25) is 0 Å². The number of nitro benzene ring substituents is 3. The first kappa shape index (κ1) is 21.3. The van der Waals surface area contributed by atoms with Crippen LogP contribution in [0.2, 0.25) is 9.94 Å². The third-order valence-electron chi connectivity index (χ3n) is 2.94. The van der Waals surface area contributed by atoms with Crippen molar-refractivity contribution in [2.45, 2.75) is 14.4 Å². The van der Waals surface area contributed by atoms with Gasteiger partial charge in [0.1, 0.15) is 0 Å². The van der Waals surface area contributed by atoms with E-state index in [1.54, 1.807) is 0 Å². The zero-order chi connectivity index (χ0) is 19.9. The fraction of sp³-hybridized carbons (Fsp3) is 0.200. The first-order chi connectivity index (χ1) is 12.1. The Balaban J connectivity index is 0.000000289. The molecule has 0 bridgehead atoms. The van der Waals surface area contributed by atoms with E-state index < -0.39 is 57.1 Å². The minimum absolute atomic E-state index is 0.384. The molecule has 0 amide bonds. The summed E-state index contributed by atoms with van der Waals surface area (Å²) in [6.07, 6.45) is 0. The van der Waals surface area contributed by atoms with Crippen molar-refractivity contribution in [3.63, 3.8) is 0 Å². The van der Waals surface area contributed by atoms with Crippen LogP contribution >= 0.6 is 0 Å². The summed E-state index contributed by atoms with van der Waals surface area (Å²) in [5.74, 6) is -1.46. The summed E-state index contributed by atoms with van der Waals surface area (Å²) in [7, 11) is 0. The minimum atomic E-state index is -1.46. The Morgan fingerprint density at radius 1 is 0.846 bits per heavy atom. The molecule has 26 heavy (non-hydrogen) atoms. The summed E-state index contributed by atoms with van der Waals surface area (Å²) in [5.41, 5.74) is -1.75. The second-order valence-corrected chi connectivity index (χ2v) is 11.6. The zero-order valence-electron chi connectivity index (χ0n) is 13.9. The van der Waals surface area contributed by atoms with Crippen LogP contribution in [-0.4, -0.2) is 34.3 Å². The number of non-ortho nitro benzene ring substituents is 1. The maximum Gasteiger partial charge on any atom is 0.283 e. The quantitative estimate of drug-likeness (QED) is 0.365. The van der Waals surface area contributed by atoms with Gasteiger partial charge in [-0.25, -0.2) is 0 Å². The molecule has 0 aliphatic rings. The molecule has 0 fully saturated rings. The second-order valence-electron chi connectivity index (χ2n) is 5.20. The monoisotopic (exact) mass is 479 g/mol. The van der Waals surface area contributed by atoms with Gasteiger partial charge in [0.15, 0.2) is 0 Å². The molecule has 0 spiro atoms. The predicted molar refractivity (Wildman–Crippen MR) is 93.5 cm³/mol. The number of hydrogen-bond donors (Lipinski definition) is 0. The second kappa shape index (κ2) is 9.65. The van der Waals surface area contributed by atoms with E-state index in [0.717, 1.165) is 0 Å². The van der Waals surface area contributed by atoms with Crippen molar-refractivity contribution in [3.05, 3.63) is 78.4 Å². The van der Waals surface area contributed by atoms with Crippen molar-refractivity contribution in [2.75, 3.05) is 0 Å². The van der Waals surface area contributed by atoms with Gasteiger partial charge in [-0.2, -0.15) is 0 Å². The van der Waals surface area contributed by atoms with E-state index >= 15 is 0 Å². The van der Waals surface area contributed by atoms with Crippen LogP contribution in [0.15, 0.2) is 42.5 Å². The van der Waals surface area contributed by atoms with Crippen LogP contribution < -0.4 is 5.11 Å². The number of benzene rings is 2. The van der Waals surface area contributed by atoms with Crippen LogP contribution in [0.1, 0.15) is 5.56 Å². The largest absolute Gasteiger partial charge is 0.863 e. The van der Waals surface area contributed by atoms with E-state index in [4.69, 9.17) is 0 Å². The Bertz CT molecular complexity index is 777. The summed E-state index contributed by atoms with van der Waals surface area (Å²) in [4.78, 5) is 32.3. The fourth-order valence-corrected chi connectivity index (χ4v) is 4.32. The zero-order valence-corrected chi connectivity index (χ0v) is 16.2. The van der Waals surface area contributed by atoms with Crippen LogP contribution in [0.3, 0.4) is 0 Å². The van der Waals surface area contributed by atoms with Gasteiger partial charge in [0.25, 0.3) is 17.1 Å². The van der Waals surface area contributed by atoms with Gasteiger partial charge >= 0.3 is 69.9 Å². The van der Waals surface area contributed by atoms with Crippen molar-refractivity contribution < 1.29 is 19.9 Å². The number of rotatable bonds is 5. The summed E-state index contributed by atoms with van der Waals surface area (Å²) in [6, 6.07) is 11.5. The van der Waals surface area contributed by atoms with Gasteiger partial charge < -0.3 is 5.11 Å². The van der Waals surface area contributed by atoms with E-state index in [9.17, 15) is 35.4 Å². The van der Waals surface area contributed by atoms with E-state index in [2.05, 4.69) is 40.3 Å². The maximum absolute atomic E-state index is 11.1. The van der Waals surface area contributed by atoms with Crippen LogP contribution in [-0.2, 0) is 4.47 Å². The van der Waals surface area contributed by atoms with Crippen LogP contribution in [0.5, 0.6) is 5.75 Å². The van der Waals surface area contributed by atoms with Gasteiger partial charge in [0, 0.05) is 0 Å². The van der Waals surface area contributed by atoms with E-state index in [-0.39, 0.29) is 0 Å². The Labute approximate surface area is 155 Å². The van der Waals surface area contributed by atoms with Crippen molar-refractivity contribution in [1.82, 2.24) is 0 Å². The smallest absolute Gasteiger partial charge is 0.283 e. The summed E-state index contributed by atoms with van der Waals surface area (Å²) >= 11 is -0.658. The molecule has 138 valence electrons. The molecule has 2 aromatic carbocycles. The van der Waals surface area contributed by atoms with Gasteiger partial charge in [0.05, 0.1) is 32.7 Å². The van der Waals surface area contributed by atoms with E-state index in [0.29, 0.717) is 12.1 Å². The van der Waals surface area contributed by atoms with Gasteiger partial charge in [-0.3, -0.25) is 30.3 Å². The standard InChI is InChI=1S/C9H13Te.C6H3N3O7/c1-10(2)8-9-6-4-3-5-7-9;10-6-4(8(13)14)1-3(7(11)12)2-5(6)9(15)16/h3-7H,8H2,1-2H3;1-2,10H/q+1;/p-1. The molecule has 0 saturated carbocycles. The molecule has 0 aliphatic heterocycles. The molecule has 0 atom stereocenters. The Kier molecular flexibility index (Phi) is 7.89. The molecule has 10 nitrogen and oxygen atoms in total. The molecule has 0 heterocycles. The Morgan fingerprint density at radius 3 is 1.65 bits per heavy atom. The first-order valence-electron chi connectivity index (χ1n) is 6.99. The topological polar surface area (TPSA) is 152 Å². The van der Waals surface area contributed by atoms with Gasteiger partial charge in [-0.1, -0.05) is 0 Å². The molecule has 0 saturated heterocycles. The molecule has 0 radical (unpaired) electrons. The molecule has 2 rings (SSSR count). The molecule has 0 aromatic heterocycles. The normalized spacial score (nSPS) is 9.96. The SMILES string of the molecule is C[Te+](C)Cc1ccccc1.O=[N+]([O-])c1cc([N+](=O)[O-])c([O-])c([N+](=O)[O-])c1. The summed E-state index contributed by atoms with van der Waals surface area (Å²) in [5, 5.41) is 42.1. The average Bonchev–Trinajstić information content (AvgIpc) is 2.55. The van der Waals surface area contributed by atoms with Crippen molar-refractivity contribution in [3.8, 4) is 5.75 Å². The van der Waals surface area contributed by atoms with Crippen LogP contribution in [0, 0.1) is 30.3 Å². The summed E-state index contributed by atoms with van der Waals surface area (Å²) < 4.78 is 1.37. The van der Waals surface area contributed by atoms with Gasteiger partial charge in [-0.15, -0.1) is 0 Å². The van der Waals surface area contributed by atoms with Crippen molar-refractivity contribution in [2.24, 2.45) is 0 Å². The first-order valence-corrected chi connectivity index (χ1v) is 13.3. The molecule has 2 aromatic rings. The average molecular weight is 477 g/mol. The Hall–Kier alpha value is -2.77.